The first-order valence-corrected chi connectivity index (χ1v) is 7.04. The van der Waals surface area contributed by atoms with Gasteiger partial charge in [-0.25, -0.2) is 0 Å². The van der Waals surface area contributed by atoms with E-state index in [1.165, 1.54) is 29.3 Å². The summed E-state index contributed by atoms with van der Waals surface area (Å²) in [6, 6.07) is 8.67. The van der Waals surface area contributed by atoms with Gasteiger partial charge in [0.15, 0.2) is 0 Å². The molecule has 1 aromatic carbocycles. The van der Waals surface area contributed by atoms with Gasteiger partial charge in [0.05, 0.1) is 13.2 Å². The Morgan fingerprint density at radius 1 is 1.32 bits per heavy atom. The topological polar surface area (TPSA) is 26.2 Å². The maximum Gasteiger partial charge on any atom is 0.0586 e. The van der Waals surface area contributed by atoms with Gasteiger partial charge < -0.3 is 14.6 Å². The Kier molecular flexibility index (Phi) is 3.33. The van der Waals surface area contributed by atoms with Crippen LogP contribution < -0.4 is 5.32 Å². The molecule has 3 heteroatoms. The predicted octanol–water partition coefficient (Wildman–Crippen LogP) is 2.45. The molecule has 0 saturated carbocycles. The van der Waals surface area contributed by atoms with Gasteiger partial charge >= 0.3 is 0 Å². The fourth-order valence-electron chi connectivity index (χ4n) is 3.15. The van der Waals surface area contributed by atoms with E-state index in [1.54, 1.807) is 0 Å². The number of benzene rings is 1. The third-order valence-corrected chi connectivity index (χ3v) is 4.31. The lowest BCUT2D eigenvalue weighted by atomic mass is 9.75. The van der Waals surface area contributed by atoms with Crippen LogP contribution in [-0.4, -0.2) is 31.4 Å². The number of para-hydroxylation sites is 1. The van der Waals surface area contributed by atoms with Gasteiger partial charge in [-0.2, -0.15) is 0 Å². The maximum atomic E-state index is 5.55. The SMILES string of the molecule is CNCCCC1(c2cn(C)c3ccccc23)COC1. The van der Waals surface area contributed by atoms with Crippen LogP contribution in [0, 0.1) is 0 Å². The van der Waals surface area contributed by atoms with Gasteiger partial charge in [-0.3, -0.25) is 0 Å². The standard InChI is InChI=1S/C16H22N2O/c1-17-9-5-8-16(11-19-12-16)14-10-18(2)15-7-4-3-6-13(14)15/h3-4,6-7,10,17H,5,8-9,11-12H2,1-2H3. The van der Waals surface area contributed by atoms with Crippen molar-refractivity contribution in [2.45, 2.75) is 18.3 Å². The summed E-state index contributed by atoms with van der Waals surface area (Å²) >= 11 is 0. The van der Waals surface area contributed by atoms with E-state index in [1.807, 2.05) is 7.05 Å². The molecule has 0 amide bonds. The molecule has 0 atom stereocenters. The number of hydrogen-bond acceptors (Lipinski definition) is 2. The molecule has 1 aliphatic rings. The number of nitrogens with zero attached hydrogens (tertiary/aromatic N) is 1. The minimum Gasteiger partial charge on any atom is -0.379 e. The van der Waals surface area contributed by atoms with Crippen molar-refractivity contribution >= 4 is 10.9 Å². The van der Waals surface area contributed by atoms with E-state index < -0.39 is 0 Å². The molecular formula is C16H22N2O. The normalized spacial score (nSPS) is 17.6. The molecule has 3 rings (SSSR count). The van der Waals surface area contributed by atoms with E-state index in [9.17, 15) is 0 Å². The lowest BCUT2D eigenvalue weighted by Gasteiger charge is -2.42. The maximum absolute atomic E-state index is 5.55. The molecule has 0 bridgehead atoms. The zero-order valence-corrected chi connectivity index (χ0v) is 11.8. The molecule has 1 saturated heterocycles. The average Bonchev–Trinajstić information content (AvgIpc) is 2.71. The van der Waals surface area contributed by atoms with Crippen LogP contribution in [0.5, 0.6) is 0 Å². The zero-order valence-electron chi connectivity index (χ0n) is 11.8. The van der Waals surface area contributed by atoms with Gasteiger partial charge in [0.25, 0.3) is 0 Å². The quantitative estimate of drug-likeness (QED) is 0.834. The van der Waals surface area contributed by atoms with Crippen molar-refractivity contribution in [3.63, 3.8) is 0 Å². The van der Waals surface area contributed by atoms with Crippen LogP contribution in [0.4, 0.5) is 0 Å². The van der Waals surface area contributed by atoms with Gasteiger partial charge in [-0.15, -0.1) is 0 Å². The van der Waals surface area contributed by atoms with Gasteiger partial charge in [0.1, 0.15) is 0 Å². The van der Waals surface area contributed by atoms with Crippen LogP contribution in [0.25, 0.3) is 10.9 Å². The van der Waals surface area contributed by atoms with Gasteiger partial charge in [0.2, 0.25) is 0 Å². The second-order valence-electron chi connectivity index (χ2n) is 5.65. The van der Waals surface area contributed by atoms with Crippen molar-refractivity contribution in [2.24, 2.45) is 7.05 Å². The van der Waals surface area contributed by atoms with Crippen LogP contribution in [0.15, 0.2) is 30.5 Å². The number of rotatable bonds is 5. The molecule has 3 nitrogen and oxygen atoms in total. The van der Waals surface area contributed by atoms with Crippen molar-refractivity contribution in [3.05, 3.63) is 36.0 Å². The molecule has 2 aromatic rings. The summed E-state index contributed by atoms with van der Waals surface area (Å²) < 4.78 is 7.79. The predicted molar refractivity (Wildman–Crippen MR) is 78.6 cm³/mol. The van der Waals surface area contributed by atoms with Crippen molar-refractivity contribution in [1.29, 1.82) is 0 Å². The first-order chi connectivity index (χ1) is 9.27. The second kappa shape index (κ2) is 4.99. The first-order valence-electron chi connectivity index (χ1n) is 7.04. The Balaban J connectivity index is 1.97. The number of aryl methyl sites for hydroxylation is 1. The fourth-order valence-corrected chi connectivity index (χ4v) is 3.15. The number of fused-ring (bicyclic) bond motifs is 1. The Hall–Kier alpha value is -1.32. The Morgan fingerprint density at radius 2 is 2.11 bits per heavy atom. The molecule has 102 valence electrons. The van der Waals surface area contributed by atoms with E-state index in [2.05, 4.69) is 47.4 Å². The van der Waals surface area contributed by atoms with Crippen molar-refractivity contribution in [1.82, 2.24) is 9.88 Å². The summed E-state index contributed by atoms with van der Waals surface area (Å²) in [7, 11) is 4.15. The molecule has 0 spiro atoms. The molecule has 1 aliphatic heterocycles. The average molecular weight is 258 g/mol. The van der Waals surface area contributed by atoms with Gasteiger partial charge in [0, 0.05) is 29.6 Å². The molecule has 0 radical (unpaired) electrons. The minimum atomic E-state index is 0.234. The Bertz CT molecular complexity index is 569. The molecule has 1 aromatic heterocycles. The van der Waals surface area contributed by atoms with Crippen LogP contribution in [0.3, 0.4) is 0 Å². The summed E-state index contributed by atoms with van der Waals surface area (Å²) in [5.74, 6) is 0. The van der Waals surface area contributed by atoms with E-state index in [0.29, 0.717) is 0 Å². The number of nitrogens with one attached hydrogen (secondary N) is 1. The molecule has 0 aliphatic carbocycles. The monoisotopic (exact) mass is 258 g/mol. The Labute approximate surface area is 114 Å². The molecule has 1 fully saturated rings. The van der Waals surface area contributed by atoms with Crippen LogP contribution >= 0.6 is 0 Å². The van der Waals surface area contributed by atoms with E-state index in [0.717, 1.165) is 19.8 Å². The smallest absolute Gasteiger partial charge is 0.0586 e. The zero-order chi connectivity index (χ0) is 13.3. The van der Waals surface area contributed by atoms with Crippen LogP contribution in [0.2, 0.25) is 0 Å². The summed E-state index contributed by atoms with van der Waals surface area (Å²) in [5.41, 5.74) is 3.02. The summed E-state index contributed by atoms with van der Waals surface area (Å²) in [6.45, 7) is 2.81. The number of aromatic nitrogens is 1. The minimum absolute atomic E-state index is 0.234. The second-order valence-corrected chi connectivity index (χ2v) is 5.65. The van der Waals surface area contributed by atoms with Crippen molar-refractivity contribution in [2.75, 3.05) is 26.8 Å². The number of ether oxygens (including phenoxy) is 1. The Morgan fingerprint density at radius 3 is 2.79 bits per heavy atom. The molecular weight excluding hydrogens is 236 g/mol. The van der Waals surface area contributed by atoms with E-state index in [-0.39, 0.29) is 5.41 Å². The van der Waals surface area contributed by atoms with E-state index in [4.69, 9.17) is 4.74 Å². The first kappa shape index (κ1) is 12.7. The molecule has 2 heterocycles. The summed E-state index contributed by atoms with van der Waals surface area (Å²) in [4.78, 5) is 0. The highest BCUT2D eigenvalue weighted by molar-refractivity contribution is 5.85. The van der Waals surface area contributed by atoms with Crippen molar-refractivity contribution < 1.29 is 4.74 Å². The highest BCUT2D eigenvalue weighted by atomic mass is 16.5. The summed E-state index contributed by atoms with van der Waals surface area (Å²) in [5, 5.41) is 4.62. The lowest BCUT2D eigenvalue weighted by Crippen LogP contribution is -2.47. The molecule has 19 heavy (non-hydrogen) atoms. The fraction of sp³-hybridized carbons (Fsp3) is 0.500. The van der Waals surface area contributed by atoms with Gasteiger partial charge in [-0.05, 0) is 38.1 Å². The van der Waals surface area contributed by atoms with Crippen LogP contribution in [-0.2, 0) is 17.2 Å². The van der Waals surface area contributed by atoms with E-state index >= 15 is 0 Å². The van der Waals surface area contributed by atoms with Crippen LogP contribution in [0.1, 0.15) is 18.4 Å². The molecule has 0 unspecified atom stereocenters. The highest BCUT2D eigenvalue weighted by Crippen LogP contribution is 2.40. The van der Waals surface area contributed by atoms with Gasteiger partial charge in [-0.1, -0.05) is 18.2 Å². The third kappa shape index (κ3) is 2.07. The number of hydrogen-bond donors (Lipinski definition) is 1. The molecule has 1 N–H and O–H groups in total. The largest absolute Gasteiger partial charge is 0.379 e. The lowest BCUT2D eigenvalue weighted by molar-refractivity contribution is -0.0643. The summed E-state index contributed by atoms with van der Waals surface area (Å²) in [6.07, 6.45) is 4.69. The highest BCUT2D eigenvalue weighted by Gasteiger charge is 2.41. The van der Waals surface area contributed by atoms with Crippen molar-refractivity contribution in [3.8, 4) is 0 Å². The third-order valence-electron chi connectivity index (χ3n) is 4.31.